The summed E-state index contributed by atoms with van der Waals surface area (Å²) in [4.78, 5) is 16.9. The molecule has 4 rings (SSSR count). The van der Waals surface area contributed by atoms with Gasteiger partial charge >= 0.3 is 0 Å². The van der Waals surface area contributed by atoms with Crippen LogP contribution in [-0.2, 0) is 4.79 Å². The molecule has 1 aromatic carbocycles. The topological polar surface area (TPSA) is 23.6 Å². The molecular weight excluding hydrogens is 296 g/mol. The lowest BCUT2D eigenvalue weighted by Gasteiger charge is -2.42. The lowest BCUT2D eigenvalue weighted by Crippen LogP contribution is -2.50. The molecule has 3 atom stereocenters. The molecule has 1 aliphatic carbocycles. The summed E-state index contributed by atoms with van der Waals surface area (Å²) in [5.41, 5.74) is 1.47. The van der Waals surface area contributed by atoms with Gasteiger partial charge in [-0.25, -0.2) is 0 Å². The molecule has 0 radical (unpaired) electrons. The van der Waals surface area contributed by atoms with E-state index in [4.69, 9.17) is 0 Å². The molecule has 3 heteroatoms. The lowest BCUT2D eigenvalue weighted by atomic mass is 9.81. The summed E-state index contributed by atoms with van der Waals surface area (Å²) in [6.45, 7) is 4.81. The maximum absolute atomic E-state index is 11.9. The van der Waals surface area contributed by atoms with Crippen molar-refractivity contribution in [2.24, 2.45) is 5.92 Å². The lowest BCUT2D eigenvalue weighted by molar-refractivity contribution is -0.131. The predicted molar refractivity (Wildman–Crippen MR) is 96.9 cm³/mol. The molecule has 0 unspecified atom stereocenters. The first-order valence-corrected chi connectivity index (χ1v) is 9.80. The number of piperidine rings is 1. The van der Waals surface area contributed by atoms with Crippen LogP contribution in [0.15, 0.2) is 30.3 Å². The number of nitrogens with zero attached hydrogens (tertiary/aromatic N) is 2. The molecule has 2 aliphatic heterocycles. The monoisotopic (exact) mass is 326 g/mol. The molecule has 0 spiro atoms. The smallest absolute Gasteiger partial charge is 0.219 e. The quantitative estimate of drug-likeness (QED) is 0.828. The van der Waals surface area contributed by atoms with Gasteiger partial charge in [0.05, 0.1) is 0 Å². The van der Waals surface area contributed by atoms with E-state index in [0.717, 1.165) is 25.6 Å². The summed E-state index contributed by atoms with van der Waals surface area (Å²) in [6, 6.07) is 12.5. The first kappa shape index (κ1) is 16.1. The van der Waals surface area contributed by atoms with Crippen molar-refractivity contribution in [1.82, 2.24) is 9.80 Å². The van der Waals surface area contributed by atoms with Crippen molar-refractivity contribution < 1.29 is 4.79 Å². The average molecular weight is 326 g/mol. The second kappa shape index (κ2) is 6.87. The van der Waals surface area contributed by atoms with E-state index in [2.05, 4.69) is 40.1 Å². The van der Waals surface area contributed by atoms with Gasteiger partial charge in [-0.3, -0.25) is 9.69 Å². The van der Waals surface area contributed by atoms with Crippen LogP contribution in [0.5, 0.6) is 0 Å². The fraction of sp³-hybridized carbons (Fsp3) is 0.667. The van der Waals surface area contributed by atoms with Crippen LogP contribution < -0.4 is 0 Å². The number of hydrogen-bond acceptors (Lipinski definition) is 2. The molecule has 3 nitrogen and oxygen atoms in total. The van der Waals surface area contributed by atoms with E-state index >= 15 is 0 Å². The molecule has 1 amide bonds. The number of rotatable bonds is 2. The minimum absolute atomic E-state index is 0.247. The van der Waals surface area contributed by atoms with E-state index in [0.29, 0.717) is 17.9 Å². The van der Waals surface area contributed by atoms with Gasteiger partial charge in [0.15, 0.2) is 0 Å². The molecule has 24 heavy (non-hydrogen) atoms. The van der Waals surface area contributed by atoms with E-state index in [1.807, 2.05) is 0 Å². The number of amides is 1. The molecule has 1 aromatic rings. The molecule has 0 N–H and O–H groups in total. The fourth-order valence-electron chi connectivity index (χ4n) is 5.45. The number of benzene rings is 1. The highest BCUT2D eigenvalue weighted by atomic mass is 16.2. The first-order chi connectivity index (χ1) is 11.7. The maximum Gasteiger partial charge on any atom is 0.219 e. The molecular formula is C21H30N2O. The van der Waals surface area contributed by atoms with E-state index in [1.165, 1.54) is 44.2 Å². The molecule has 3 aliphatic rings. The zero-order chi connectivity index (χ0) is 16.5. The van der Waals surface area contributed by atoms with Gasteiger partial charge < -0.3 is 4.90 Å². The van der Waals surface area contributed by atoms with Crippen molar-refractivity contribution in [2.45, 2.75) is 63.5 Å². The van der Waals surface area contributed by atoms with Crippen LogP contribution in [-0.4, -0.2) is 47.4 Å². The number of carbonyl (C=O) groups is 1. The number of likely N-dealkylation sites (tertiary alicyclic amines) is 2. The van der Waals surface area contributed by atoms with Crippen LogP contribution in [0, 0.1) is 5.92 Å². The molecule has 0 bridgehead atoms. The predicted octanol–water partition coefficient (Wildman–Crippen LogP) is 3.66. The van der Waals surface area contributed by atoms with E-state index in [1.54, 1.807) is 6.92 Å². The summed E-state index contributed by atoms with van der Waals surface area (Å²) in [7, 11) is 0. The van der Waals surface area contributed by atoms with Crippen molar-refractivity contribution >= 4 is 5.91 Å². The Balaban J connectivity index is 1.60. The minimum atomic E-state index is 0.247. The molecule has 1 saturated carbocycles. The third-order valence-corrected chi connectivity index (χ3v) is 6.69. The summed E-state index contributed by atoms with van der Waals surface area (Å²) < 4.78 is 0. The van der Waals surface area contributed by atoms with Gasteiger partial charge in [0.1, 0.15) is 0 Å². The first-order valence-electron chi connectivity index (χ1n) is 9.80. The number of carbonyl (C=O) groups excluding carboxylic acids is 1. The molecule has 2 heterocycles. The van der Waals surface area contributed by atoms with Gasteiger partial charge in [-0.2, -0.15) is 0 Å². The van der Waals surface area contributed by atoms with E-state index in [-0.39, 0.29) is 5.91 Å². The summed E-state index contributed by atoms with van der Waals surface area (Å²) >= 11 is 0. The molecule has 2 saturated heterocycles. The normalized spacial score (nSPS) is 31.9. The highest BCUT2D eigenvalue weighted by Gasteiger charge is 2.47. The summed E-state index contributed by atoms with van der Waals surface area (Å²) in [5, 5.41) is 0. The standard InChI is InChI=1S/C21H30N2O/c1-16(24)22-13-12-21-20(14-22)19(17-8-4-2-5-9-17)15-23(21)18-10-6-3-7-11-18/h2,4-5,8-9,18-21H,3,6-7,10-15H2,1H3/t19-,20-,21-/m1/s1. The van der Waals surface area contributed by atoms with Crippen molar-refractivity contribution in [3.05, 3.63) is 35.9 Å². The maximum atomic E-state index is 11.9. The summed E-state index contributed by atoms with van der Waals surface area (Å²) in [5.74, 6) is 1.43. The number of fused-ring (bicyclic) bond motifs is 1. The molecule has 0 aromatic heterocycles. The second-order valence-corrected chi connectivity index (χ2v) is 7.99. The Kier molecular flexibility index (Phi) is 4.62. The third kappa shape index (κ3) is 2.99. The van der Waals surface area contributed by atoms with E-state index in [9.17, 15) is 4.79 Å². The van der Waals surface area contributed by atoms with Crippen LogP contribution in [0.2, 0.25) is 0 Å². The van der Waals surface area contributed by atoms with Crippen molar-refractivity contribution in [1.29, 1.82) is 0 Å². The minimum Gasteiger partial charge on any atom is -0.343 e. The van der Waals surface area contributed by atoms with Crippen molar-refractivity contribution in [3.8, 4) is 0 Å². The highest BCUT2D eigenvalue weighted by Crippen LogP contribution is 2.44. The van der Waals surface area contributed by atoms with E-state index < -0.39 is 0 Å². The van der Waals surface area contributed by atoms with Crippen LogP contribution in [0.4, 0.5) is 0 Å². The fourth-order valence-corrected chi connectivity index (χ4v) is 5.45. The van der Waals surface area contributed by atoms with Gasteiger partial charge in [-0.05, 0) is 24.8 Å². The van der Waals surface area contributed by atoms with Gasteiger partial charge in [-0.15, -0.1) is 0 Å². The average Bonchev–Trinajstić information content (AvgIpc) is 3.02. The Morgan fingerprint density at radius 2 is 1.75 bits per heavy atom. The second-order valence-electron chi connectivity index (χ2n) is 7.99. The third-order valence-electron chi connectivity index (χ3n) is 6.69. The Morgan fingerprint density at radius 3 is 2.46 bits per heavy atom. The van der Waals surface area contributed by atoms with Crippen LogP contribution >= 0.6 is 0 Å². The summed E-state index contributed by atoms with van der Waals surface area (Å²) in [6.07, 6.45) is 8.12. The van der Waals surface area contributed by atoms with Crippen molar-refractivity contribution in [2.75, 3.05) is 19.6 Å². The zero-order valence-corrected chi connectivity index (χ0v) is 14.9. The van der Waals surface area contributed by atoms with Gasteiger partial charge in [0.25, 0.3) is 0 Å². The highest BCUT2D eigenvalue weighted by molar-refractivity contribution is 5.73. The Labute approximate surface area is 146 Å². The largest absolute Gasteiger partial charge is 0.343 e. The molecule has 3 fully saturated rings. The Morgan fingerprint density at radius 1 is 1.00 bits per heavy atom. The Hall–Kier alpha value is -1.35. The zero-order valence-electron chi connectivity index (χ0n) is 14.9. The van der Waals surface area contributed by atoms with Crippen molar-refractivity contribution in [3.63, 3.8) is 0 Å². The molecule has 130 valence electrons. The Bertz CT molecular complexity index is 566. The van der Waals surface area contributed by atoms with Gasteiger partial charge in [0.2, 0.25) is 5.91 Å². The van der Waals surface area contributed by atoms with Crippen LogP contribution in [0.1, 0.15) is 56.9 Å². The van der Waals surface area contributed by atoms with Gasteiger partial charge in [0, 0.05) is 50.5 Å². The van der Waals surface area contributed by atoms with Gasteiger partial charge in [-0.1, -0.05) is 49.6 Å². The number of hydrogen-bond donors (Lipinski definition) is 0. The van der Waals surface area contributed by atoms with Crippen LogP contribution in [0.3, 0.4) is 0 Å². The van der Waals surface area contributed by atoms with Crippen LogP contribution in [0.25, 0.3) is 0 Å². The SMILES string of the molecule is CC(=O)N1CC[C@@H]2[C@H](C1)[C@@H](c1ccccc1)CN2C1CCCCC1.